The van der Waals surface area contributed by atoms with E-state index in [0.29, 0.717) is 18.9 Å². The van der Waals surface area contributed by atoms with Crippen molar-refractivity contribution in [3.05, 3.63) is 29.8 Å². The van der Waals surface area contributed by atoms with Crippen LogP contribution in [0.5, 0.6) is 0 Å². The van der Waals surface area contributed by atoms with Crippen molar-refractivity contribution in [2.24, 2.45) is 10.9 Å². The number of guanidine groups is 1. The first-order valence-corrected chi connectivity index (χ1v) is 11.3. The molecule has 1 atom stereocenters. The third-order valence-electron chi connectivity index (χ3n) is 5.34. The summed E-state index contributed by atoms with van der Waals surface area (Å²) in [5, 5.41) is 6.49. The van der Waals surface area contributed by atoms with Gasteiger partial charge < -0.3 is 15.5 Å². The van der Waals surface area contributed by atoms with E-state index in [1.807, 2.05) is 0 Å². The Kier molecular flexibility index (Phi) is 6.06. The molecule has 2 heterocycles. The summed E-state index contributed by atoms with van der Waals surface area (Å²) in [6.45, 7) is 5.27. The largest absolute Gasteiger partial charge is 0.372 e. The van der Waals surface area contributed by atoms with Crippen LogP contribution in [0.1, 0.15) is 31.7 Å². The Morgan fingerprint density at radius 3 is 2.46 bits per heavy atom. The summed E-state index contributed by atoms with van der Waals surface area (Å²) in [7, 11) is -1.18. The third kappa shape index (κ3) is 5.13. The molecule has 2 aliphatic heterocycles. The lowest BCUT2D eigenvalue weighted by Crippen LogP contribution is -2.43. The summed E-state index contributed by atoms with van der Waals surface area (Å²) in [5.74, 6) is 1.94. The van der Waals surface area contributed by atoms with Gasteiger partial charge in [0.05, 0.1) is 11.5 Å². The second-order valence-corrected chi connectivity index (χ2v) is 9.73. The number of piperidine rings is 1. The lowest BCUT2D eigenvalue weighted by atomic mass is 9.99. The average Bonchev–Trinajstić information content (AvgIpc) is 2.98. The summed E-state index contributed by atoms with van der Waals surface area (Å²) in [6.07, 6.45) is 3.18. The molecule has 0 spiro atoms. The number of nitrogens with one attached hydrogen (secondary N) is 2. The van der Waals surface area contributed by atoms with E-state index >= 15 is 0 Å². The van der Waals surface area contributed by atoms with Crippen LogP contribution < -0.4 is 15.5 Å². The zero-order valence-electron chi connectivity index (χ0n) is 15.7. The van der Waals surface area contributed by atoms with Gasteiger partial charge in [-0.05, 0) is 42.9 Å². The molecule has 6 nitrogen and oxygen atoms in total. The van der Waals surface area contributed by atoms with E-state index in [9.17, 15) is 8.42 Å². The highest BCUT2D eigenvalue weighted by Crippen LogP contribution is 2.23. The Labute approximate surface area is 157 Å². The van der Waals surface area contributed by atoms with Gasteiger partial charge in [0.15, 0.2) is 15.8 Å². The average molecular weight is 379 g/mol. The molecule has 2 aliphatic rings. The van der Waals surface area contributed by atoms with Crippen LogP contribution in [0.25, 0.3) is 0 Å². The summed E-state index contributed by atoms with van der Waals surface area (Å²) in [6, 6.07) is 8.62. The predicted molar refractivity (Wildman–Crippen MR) is 107 cm³/mol. The Hall–Kier alpha value is -1.76. The molecule has 2 saturated heterocycles. The molecule has 7 heteroatoms. The molecule has 0 bridgehead atoms. The van der Waals surface area contributed by atoms with Crippen molar-refractivity contribution >= 4 is 21.5 Å². The highest BCUT2D eigenvalue weighted by atomic mass is 32.2. The van der Waals surface area contributed by atoms with Crippen LogP contribution in [0.4, 0.5) is 5.69 Å². The van der Waals surface area contributed by atoms with Crippen molar-refractivity contribution in [1.82, 2.24) is 10.6 Å². The first-order chi connectivity index (χ1) is 12.4. The quantitative estimate of drug-likeness (QED) is 0.617. The number of rotatable bonds is 4. The van der Waals surface area contributed by atoms with Crippen LogP contribution in [0.3, 0.4) is 0 Å². The van der Waals surface area contributed by atoms with E-state index < -0.39 is 9.84 Å². The highest BCUT2D eigenvalue weighted by Gasteiger charge is 2.28. The monoisotopic (exact) mass is 378 g/mol. The van der Waals surface area contributed by atoms with E-state index in [0.717, 1.165) is 19.0 Å². The zero-order chi connectivity index (χ0) is 18.6. The molecule has 1 unspecified atom stereocenters. The molecule has 1 aromatic rings. The smallest absolute Gasteiger partial charge is 0.191 e. The minimum absolute atomic E-state index is 0.0462. The van der Waals surface area contributed by atoms with Crippen LogP contribution in [0.2, 0.25) is 0 Å². The number of aliphatic imine (C=N–C) groups is 1. The molecule has 26 heavy (non-hydrogen) atoms. The number of benzene rings is 1. The molecule has 2 N–H and O–H groups in total. The minimum Gasteiger partial charge on any atom is -0.372 e. The minimum atomic E-state index is -2.89. The van der Waals surface area contributed by atoms with E-state index in [-0.39, 0.29) is 17.5 Å². The van der Waals surface area contributed by atoms with E-state index in [2.05, 4.69) is 51.7 Å². The van der Waals surface area contributed by atoms with Gasteiger partial charge in [0.1, 0.15) is 0 Å². The van der Waals surface area contributed by atoms with Gasteiger partial charge in [-0.1, -0.05) is 19.1 Å². The Bertz CT molecular complexity index is 722. The number of anilines is 1. The van der Waals surface area contributed by atoms with Gasteiger partial charge in [0, 0.05) is 38.4 Å². The lowest BCUT2D eigenvalue weighted by molar-refractivity contribution is 0.438. The maximum atomic E-state index is 11.6. The van der Waals surface area contributed by atoms with Crippen molar-refractivity contribution in [3.63, 3.8) is 0 Å². The van der Waals surface area contributed by atoms with Crippen molar-refractivity contribution in [3.8, 4) is 0 Å². The molecule has 0 aliphatic carbocycles. The van der Waals surface area contributed by atoms with Crippen molar-refractivity contribution < 1.29 is 8.42 Å². The van der Waals surface area contributed by atoms with Gasteiger partial charge in [-0.2, -0.15) is 0 Å². The fraction of sp³-hybridized carbons (Fsp3) is 0.632. The zero-order valence-corrected chi connectivity index (χ0v) is 16.6. The van der Waals surface area contributed by atoms with Gasteiger partial charge in [-0.3, -0.25) is 4.99 Å². The number of hydrogen-bond acceptors (Lipinski definition) is 4. The third-order valence-corrected chi connectivity index (χ3v) is 7.11. The van der Waals surface area contributed by atoms with Gasteiger partial charge in [-0.25, -0.2) is 8.42 Å². The predicted octanol–water partition coefficient (Wildman–Crippen LogP) is 1.77. The van der Waals surface area contributed by atoms with Gasteiger partial charge in [0.2, 0.25) is 0 Å². The summed E-state index contributed by atoms with van der Waals surface area (Å²) < 4.78 is 23.1. The molecule has 144 valence electrons. The second-order valence-electron chi connectivity index (χ2n) is 7.51. The normalized spacial score (nSPS) is 23.8. The van der Waals surface area contributed by atoms with Crippen LogP contribution in [-0.2, 0) is 16.4 Å². The first-order valence-electron chi connectivity index (χ1n) is 9.47. The van der Waals surface area contributed by atoms with Crippen LogP contribution in [0.15, 0.2) is 29.3 Å². The maximum absolute atomic E-state index is 11.6. The van der Waals surface area contributed by atoms with Crippen LogP contribution in [-0.4, -0.2) is 52.1 Å². The topological polar surface area (TPSA) is 73.8 Å². The summed E-state index contributed by atoms with van der Waals surface area (Å²) in [5.41, 5.74) is 2.47. The Morgan fingerprint density at radius 1 is 1.19 bits per heavy atom. The van der Waals surface area contributed by atoms with Crippen LogP contribution >= 0.6 is 0 Å². The van der Waals surface area contributed by atoms with Gasteiger partial charge in [0.25, 0.3) is 0 Å². The van der Waals surface area contributed by atoms with Crippen LogP contribution in [0, 0.1) is 5.92 Å². The van der Waals surface area contributed by atoms with Gasteiger partial charge in [-0.15, -0.1) is 0 Å². The SMILES string of the molecule is CN=C(NCc1ccc(N2CCC(C)CC2)cc1)NC1CCS(=O)(=O)C1. The van der Waals surface area contributed by atoms with E-state index in [4.69, 9.17) is 0 Å². The molecular formula is C19H30N4O2S. The molecule has 0 radical (unpaired) electrons. The van der Waals surface area contributed by atoms with E-state index in [1.54, 1.807) is 7.05 Å². The van der Waals surface area contributed by atoms with E-state index in [1.165, 1.54) is 24.1 Å². The lowest BCUT2D eigenvalue weighted by Gasteiger charge is -2.32. The Morgan fingerprint density at radius 2 is 1.88 bits per heavy atom. The molecule has 0 amide bonds. The standard InChI is InChI=1S/C19H30N4O2S/c1-15-7-10-23(11-8-15)18-5-3-16(4-6-18)13-21-19(20-2)22-17-9-12-26(24,25)14-17/h3-6,15,17H,7-14H2,1-2H3,(H2,20,21,22). The molecule has 2 fully saturated rings. The Balaban J connectivity index is 1.49. The maximum Gasteiger partial charge on any atom is 0.191 e. The molecule has 3 rings (SSSR count). The van der Waals surface area contributed by atoms with Crippen molar-refractivity contribution in [2.75, 3.05) is 36.5 Å². The first kappa shape index (κ1) is 19.0. The van der Waals surface area contributed by atoms with Gasteiger partial charge >= 0.3 is 0 Å². The molecule has 0 aromatic heterocycles. The second kappa shape index (κ2) is 8.29. The molecule has 0 saturated carbocycles. The fourth-order valence-corrected chi connectivity index (χ4v) is 5.25. The fourth-order valence-electron chi connectivity index (χ4n) is 3.57. The highest BCUT2D eigenvalue weighted by molar-refractivity contribution is 7.91. The summed E-state index contributed by atoms with van der Waals surface area (Å²) >= 11 is 0. The number of sulfone groups is 1. The van der Waals surface area contributed by atoms with Crippen molar-refractivity contribution in [1.29, 1.82) is 0 Å². The van der Waals surface area contributed by atoms with Crippen molar-refractivity contribution in [2.45, 2.75) is 38.8 Å². The summed E-state index contributed by atoms with van der Waals surface area (Å²) in [4.78, 5) is 6.66. The number of nitrogens with zero attached hydrogens (tertiary/aromatic N) is 2. The number of hydrogen-bond donors (Lipinski definition) is 2. The molecule has 1 aromatic carbocycles. The molecular weight excluding hydrogens is 348 g/mol.